The highest BCUT2D eigenvalue weighted by Crippen LogP contribution is 2.26. The quantitative estimate of drug-likeness (QED) is 0.237. The third kappa shape index (κ3) is 8.63. The van der Waals surface area contributed by atoms with Crippen LogP contribution in [0.1, 0.15) is 48.4 Å². The lowest BCUT2D eigenvalue weighted by Crippen LogP contribution is -2.43. The first-order valence-electron chi connectivity index (χ1n) is 13.8. The molecule has 1 atom stereocenters. The summed E-state index contributed by atoms with van der Waals surface area (Å²) in [5.41, 5.74) is 2.33. The molecule has 3 aromatic carbocycles. The molecular formula is C31H37N3O6S. The molecule has 0 saturated heterocycles. The normalized spacial score (nSPS) is 13.8. The van der Waals surface area contributed by atoms with Gasteiger partial charge in [0.25, 0.3) is 0 Å². The van der Waals surface area contributed by atoms with Crippen molar-refractivity contribution in [1.29, 1.82) is 0 Å². The minimum atomic E-state index is -3.55. The van der Waals surface area contributed by atoms with E-state index in [2.05, 4.69) is 10.0 Å². The Morgan fingerprint density at radius 2 is 1.63 bits per heavy atom. The number of sulfonamides is 1. The molecule has 1 saturated carbocycles. The highest BCUT2D eigenvalue weighted by molar-refractivity contribution is 7.89. The van der Waals surface area contributed by atoms with Gasteiger partial charge in [0.05, 0.1) is 12.0 Å². The van der Waals surface area contributed by atoms with Gasteiger partial charge in [-0.3, -0.25) is 9.59 Å². The first kappa shape index (κ1) is 30.2. The topological polar surface area (TPSA) is 125 Å². The van der Waals surface area contributed by atoms with E-state index in [1.54, 1.807) is 36.3 Å². The Labute approximate surface area is 241 Å². The molecule has 1 unspecified atom stereocenters. The van der Waals surface area contributed by atoms with Gasteiger partial charge in [-0.25, -0.2) is 13.1 Å². The van der Waals surface area contributed by atoms with Gasteiger partial charge >= 0.3 is 0 Å². The number of nitrogens with one attached hydrogen (secondary N) is 2. The van der Waals surface area contributed by atoms with E-state index in [0.717, 1.165) is 24.0 Å². The Morgan fingerprint density at radius 1 is 0.976 bits per heavy atom. The SMILES string of the molecule is COc1ccc(CN(C(=O)CCc2ccc(S(=O)(=O)NC3CC3)cc2)C(C(=O)NCCCO)c2ccccc2)cc1. The zero-order chi connectivity index (χ0) is 29.2. The van der Waals surface area contributed by atoms with E-state index >= 15 is 0 Å². The number of aryl methyl sites for hydroxylation is 1. The number of rotatable bonds is 15. The van der Waals surface area contributed by atoms with Crippen LogP contribution in [-0.4, -0.2) is 56.5 Å². The molecule has 4 rings (SSSR count). The Morgan fingerprint density at radius 3 is 2.24 bits per heavy atom. The summed E-state index contributed by atoms with van der Waals surface area (Å²) in [5, 5.41) is 12.0. The predicted octanol–water partition coefficient (Wildman–Crippen LogP) is 3.34. The molecule has 0 spiro atoms. The lowest BCUT2D eigenvalue weighted by molar-refractivity contribution is -0.141. The molecular weight excluding hydrogens is 542 g/mol. The zero-order valence-corrected chi connectivity index (χ0v) is 24.0. The van der Waals surface area contributed by atoms with E-state index in [0.29, 0.717) is 24.2 Å². The van der Waals surface area contributed by atoms with Crippen molar-refractivity contribution in [3.63, 3.8) is 0 Å². The smallest absolute Gasteiger partial charge is 0.247 e. The number of carbonyl (C=O) groups is 2. The van der Waals surface area contributed by atoms with Gasteiger partial charge in [-0.05, 0) is 66.6 Å². The van der Waals surface area contributed by atoms with E-state index in [1.807, 2.05) is 54.6 Å². The van der Waals surface area contributed by atoms with Crippen molar-refractivity contribution >= 4 is 21.8 Å². The second-order valence-corrected chi connectivity index (χ2v) is 11.8. The summed E-state index contributed by atoms with van der Waals surface area (Å²) in [6, 6.07) is 22.2. The summed E-state index contributed by atoms with van der Waals surface area (Å²) < 4.78 is 32.9. The number of hydrogen-bond donors (Lipinski definition) is 3. The first-order chi connectivity index (χ1) is 19.8. The van der Waals surface area contributed by atoms with Crippen molar-refractivity contribution in [2.24, 2.45) is 0 Å². The average molecular weight is 580 g/mol. The fourth-order valence-electron chi connectivity index (χ4n) is 4.47. The van der Waals surface area contributed by atoms with Crippen LogP contribution >= 0.6 is 0 Å². The summed E-state index contributed by atoms with van der Waals surface area (Å²) in [6.07, 6.45) is 2.62. The van der Waals surface area contributed by atoms with Crippen LogP contribution in [0.4, 0.5) is 0 Å². The molecule has 0 heterocycles. The number of carbonyl (C=O) groups excluding carboxylic acids is 2. The molecule has 10 heteroatoms. The second-order valence-electron chi connectivity index (χ2n) is 10.1. The zero-order valence-electron chi connectivity index (χ0n) is 23.2. The molecule has 2 amide bonds. The summed E-state index contributed by atoms with van der Waals surface area (Å²) >= 11 is 0. The van der Waals surface area contributed by atoms with Gasteiger partial charge in [-0.1, -0.05) is 54.6 Å². The molecule has 9 nitrogen and oxygen atoms in total. The molecule has 1 aliphatic carbocycles. The number of ether oxygens (including phenoxy) is 1. The van der Waals surface area contributed by atoms with Crippen molar-refractivity contribution in [3.8, 4) is 5.75 Å². The highest BCUT2D eigenvalue weighted by Gasteiger charge is 2.31. The maximum absolute atomic E-state index is 13.8. The summed E-state index contributed by atoms with van der Waals surface area (Å²) in [4.78, 5) is 29.1. The second kappa shape index (κ2) is 14.2. The Hall–Kier alpha value is -3.73. The molecule has 3 N–H and O–H groups in total. The van der Waals surface area contributed by atoms with Crippen LogP contribution in [0.2, 0.25) is 0 Å². The number of hydrogen-bond acceptors (Lipinski definition) is 6. The minimum Gasteiger partial charge on any atom is -0.497 e. The minimum absolute atomic E-state index is 0.0207. The molecule has 1 fully saturated rings. The molecule has 0 bridgehead atoms. The van der Waals surface area contributed by atoms with Gasteiger partial charge in [-0.2, -0.15) is 0 Å². The number of benzene rings is 3. The molecule has 0 aliphatic heterocycles. The first-order valence-corrected chi connectivity index (χ1v) is 15.3. The van der Waals surface area contributed by atoms with Gasteiger partial charge in [0.1, 0.15) is 11.8 Å². The lowest BCUT2D eigenvalue weighted by atomic mass is 10.0. The summed E-state index contributed by atoms with van der Waals surface area (Å²) in [6.45, 7) is 0.426. The Balaban J connectivity index is 1.55. The van der Waals surface area contributed by atoms with Gasteiger partial charge < -0.3 is 20.1 Å². The third-order valence-corrected chi connectivity index (χ3v) is 8.44. The predicted molar refractivity (Wildman–Crippen MR) is 156 cm³/mol. The molecule has 0 aromatic heterocycles. The molecule has 218 valence electrons. The van der Waals surface area contributed by atoms with Crippen LogP contribution in [-0.2, 0) is 32.6 Å². The van der Waals surface area contributed by atoms with Crippen LogP contribution in [0, 0.1) is 0 Å². The maximum atomic E-state index is 13.8. The van der Waals surface area contributed by atoms with Crippen LogP contribution in [0.5, 0.6) is 5.75 Å². The van der Waals surface area contributed by atoms with Crippen LogP contribution < -0.4 is 14.8 Å². The fourth-order valence-corrected chi connectivity index (χ4v) is 5.77. The van der Waals surface area contributed by atoms with Crippen LogP contribution in [0.25, 0.3) is 0 Å². The summed E-state index contributed by atoms with van der Waals surface area (Å²) in [7, 11) is -1.97. The fraction of sp³-hybridized carbons (Fsp3) is 0.355. The van der Waals surface area contributed by atoms with Crippen molar-refractivity contribution in [2.75, 3.05) is 20.3 Å². The van der Waals surface area contributed by atoms with E-state index in [1.165, 1.54) is 0 Å². The van der Waals surface area contributed by atoms with Gasteiger partial charge in [-0.15, -0.1) is 0 Å². The number of methoxy groups -OCH3 is 1. The van der Waals surface area contributed by atoms with E-state index in [4.69, 9.17) is 4.74 Å². The standard InChI is InChI=1S/C31H37N3O6S/c1-40-27-15-8-24(9-16-27)22-34(30(25-6-3-2-4-7-25)31(37)32-20-5-21-35)29(36)19-12-23-10-17-28(18-11-23)41(38,39)33-26-13-14-26/h2-4,6-11,15-18,26,30,33,35H,5,12-14,19-22H2,1H3,(H,32,37). The molecule has 41 heavy (non-hydrogen) atoms. The number of nitrogens with zero attached hydrogens (tertiary/aromatic N) is 1. The number of aliphatic hydroxyl groups is 1. The molecule has 0 radical (unpaired) electrons. The Kier molecular flexibility index (Phi) is 10.5. The van der Waals surface area contributed by atoms with Crippen LogP contribution in [0.3, 0.4) is 0 Å². The van der Waals surface area contributed by atoms with E-state index in [9.17, 15) is 23.1 Å². The largest absolute Gasteiger partial charge is 0.497 e. The van der Waals surface area contributed by atoms with Crippen molar-refractivity contribution in [3.05, 3.63) is 95.6 Å². The highest BCUT2D eigenvalue weighted by atomic mass is 32.2. The van der Waals surface area contributed by atoms with Crippen molar-refractivity contribution in [1.82, 2.24) is 14.9 Å². The number of amides is 2. The monoisotopic (exact) mass is 579 g/mol. The number of aliphatic hydroxyl groups excluding tert-OH is 1. The lowest BCUT2D eigenvalue weighted by Gasteiger charge is -2.32. The van der Waals surface area contributed by atoms with Crippen LogP contribution in [0.15, 0.2) is 83.8 Å². The van der Waals surface area contributed by atoms with Crippen molar-refractivity contribution < 1.29 is 27.9 Å². The summed E-state index contributed by atoms with van der Waals surface area (Å²) in [5.74, 6) is 0.133. The van der Waals surface area contributed by atoms with Crippen molar-refractivity contribution in [2.45, 2.75) is 55.6 Å². The van der Waals surface area contributed by atoms with Gasteiger partial charge in [0, 0.05) is 32.2 Å². The van der Waals surface area contributed by atoms with Gasteiger partial charge in [0.2, 0.25) is 21.8 Å². The average Bonchev–Trinajstić information content (AvgIpc) is 3.80. The molecule has 1 aliphatic rings. The third-order valence-electron chi connectivity index (χ3n) is 6.90. The maximum Gasteiger partial charge on any atom is 0.247 e. The Bertz CT molecular complexity index is 1390. The van der Waals surface area contributed by atoms with Gasteiger partial charge in [0.15, 0.2) is 0 Å². The van der Waals surface area contributed by atoms with E-state index in [-0.39, 0.29) is 48.9 Å². The van der Waals surface area contributed by atoms with E-state index < -0.39 is 16.1 Å². The molecule has 3 aromatic rings.